The predicted octanol–water partition coefficient (Wildman–Crippen LogP) is 1.48. The molecule has 0 saturated carbocycles. The zero-order valence-electron chi connectivity index (χ0n) is 9.91. The zero-order valence-corrected chi connectivity index (χ0v) is 10.7. The highest BCUT2D eigenvalue weighted by molar-refractivity contribution is 8.00. The summed E-state index contributed by atoms with van der Waals surface area (Å²) in [6.45, 7) is 4.21. The number of hydrogen-bond donors (Lipinski definition) is 1. The van der Waals surface area contributed by atoms with Gasteiger partial charge < -0.3 is 10.2 Å². The molecule has 2 saturated heterocycles. The minimum absolute atomic E-state index is 0.357. The predicted molar refractivity (Wildman–Crippen MR) is 68.8 cm³/mol. The van der Waals surface area contributed by atoms with Gasteiger partial charge in [0, 0.05) is 24.9 Å². The molecule has 2 rings (SSSR count). The third-order valence-electron chi connectivity index (χ3n) is 3.40. The van der Waals surface area contributed by atoms with E-state index in [0.29, 0.717) is 16.9 Å². The summed E-state index contributed by atoms with van der Waals surface area (Å²) in [5.41, 5.74) is 0. The minimum Gasteiger partial charge on any atom is -0.342 e. The van der Waals surface area contributed by atoms with Crippen molar-refractivity contribution in [3.05, 3.63) is 0 Å². The normalized spacial score (nSPS) is 26.8. The summed E-state index contributed by atoms with van der Waals surface area (Å²) < 4.78 is 0. The molecule has 0 aromatic carbocycles. The van der Waals surface area contributed by atoms with Gasteiger partial charge in [-0.25, -0.2) is 0 Å². The molecule has 0 aromatic heterocycles. The molecule has 2 fully saturated rings. The minimum atomic E-state index is 0.357. The highest BCUT2D eigenvalue weighted by atomic mass is 32.2. The Morgan fingerprint density at radius 2 is 2.06 bits per heavy atom. The van der Waals surface area contributed by atoms with Gasteiger partial charge in [0.05, 0.1) is 5.75 Å². The SMILES string of the molecule is O=C(CSC1CCCNC1)N1CCCCC1. The molecule has 0 bridgehead atoms. The lowest BCUT2D eigenvalue weighted by molar-refractivity contribution is -0.129. The van der Waals surface area contributed by atoms with Crippen LogP contribution in [-0.2, 0) is 4.79 Å². The molecule has 0 spiro atoms. The van der Waals surface area contributed by atoms with Crippen LogP contribution in [0.4, 0.5) is 0 Å². The molecule has 1 unspecified atom stereocenters. The van der Waals surface area contributed by atoms with Crippen LogP contribution in [0.25, 0.3) is 0 Å². The zero-order chi connectivity index (χ0) is 11.2. The van der Waals surface area contributed by atoms with Crippen LogP contribution in [0.5, 0.6) is 0 Å². The molecule has 2 heterocycles. The third kappa shape index (κ3) is 3.67. The monoisotopic (exact) mass is 242 g/mol. The molecule has 92 valence electrons. The lowest BCUT2D eigenvalue weighted by Gasteiger charge is -2.28. The molecule has 0 aliphatic carbocycles. The van der Waals surface area contributed by atoms with Gasteiger partial charge in [-0.05, 0) is 38.6 Å². The molecular weight excluding hydrogens is 220 g/mol. The number of likely N-dealkylation sites (tertiary alicyclic amines) is 1. The smallest absolute Gasteiger partial charge is 0.232 e. The van der Waals surface area contributed by atoms with Crippen molar-refractivity contribution in [2.45, 2.75) is 37.4 Å². The molecule has 16 heavy (non-hydrogen) atoms. The van der Waals surface area contributed by atoms with E-state index in [4.69, 9.17) is 0 Å². The van der Waals surface area contributed by atoms with E-state index in [1.54, 1.807) is 0 Å². The van der Waals surface area contributed by atoms with Gasteiger partial charge in [-0.1, -0.05) is 0 Å². The van der Waals surface area contributed by atoms with Crippen LogP contribution in [0, 0.1) is 0 Å². The molecule has 0 radical (unpaired) electrons. The van der Waals surface area contributed by atoms with Gasteiger partial charge in [-0.3, -0.25) is 4.79 Å². The molecule has 2 aliphatic rings. The molecular formula is C12H22N2OS. The van der Waals surface area contributed by atoms with Crippen molar-refractivity contribution in [1.29, 1.82) is 0 Å². The van der Waals surface area contributed by atoms with Crippen LogP contribution in [0.15, 0.2) is 0 Å². The lowest BCUT2D eigenvalue weighted by Crippen LogP contribution is -2.38. The largest absolute Gasteiger partial charge is 0.342 e. The van der Waals surface area contributed by atoms with Crippen LogP contribution in [0.3, 0.4) is 0 Å². The second-order valence-electron chi connectivity index (χ2n) is 4.72. The quantitative estimate of drug-likeness (QED) is 0.814. The number of thioether (sulfide) groups is 1. The molecule has 3 nitrogen and oxygen atoms in total. The summed E-state index contributed by atoms with van der Waals surface area (Å²) in [6.07, 6.45) is 6.22. The van der Waals surface area contributed by atoms with Crippen molar-refractivity contribution in [2.75, 3.05) is 31.9 Å². The van der Waals surface area contributed by atoms with E-state index < -0.39 is 0 Å². The Hall–Kier alpha value is -0.220. The summed E-state index contributed by atoms with van der Waals surface area (Å²) >= 11 is 1.85. The summed E-state index contributed by atoms with van der Waals surface area (Å²) in [4.78, 5) is 14.0. The van der Waals surface area contributed by atoms with Crippen LogP contribution >= 0.6 is 11.8 Å². The van der Waals surface area contributed by atoms with Gasteiger partial charge in [0.2, 0.25) is 5.91 Å². The van der Waals surface area contributed by atoms with Crippen molar-refractivity contribution in [1.82, 2.24) is 10.2 Å². The maximum atomic E-state index is 11.9. The van der Waals surface area contributed by atoms with Crippen LogP contribution in [0.1, 0.15) is 32.1 Å². The Labute approximate surface area is 102 Å². The van der Waals surface area contributed by atoms with Crippen LogP contribution in [-0.4, -0.2) is 48.0 Å². The Morgan fingerprint density at radius 1 is 1.25 bits per heavy atom. The Bertz CT molecular complexity index is 223. The van der Waals surface area contributed by atoms with E-state index in [9.17, 15) is 4.79 Å². The van der Waals surface area contributed by atoms with Gasteiger partial charge in [0.25, 0.3) is 0 Å². The second-order valence-corrected chi connectivity index (χ2v) is 6.01. The van der Waals surface area contributed by atoms with Crippen molar-refractivity contribution in [3.63, 3.8) is 0 Å². The van der Waals surface area contributed by atoms with Gasteiger partial charge in [-0.2, -0.15) is 0 Å². The first-order valence-electron chi connectivity index (χ1n) is 6.46. The van der Waals surface area contributed by atoms with Crippen molar-refractivity contribution >= 4 is 17.7 Å². The van der Waals surface area contributed by atoms with E-state index in [0.717, 1.165) is 26.2 Å². The first-order valence-corrected chi connectivity index (χ1v) is 7.51. The van der Waals surface area contributed by atoms with Crippen molar-refractivity contribution < 1.29 is 4.79 Å². The Balaban J connectivity index is 1.65. The van der Waals surface area contributed by atoms with E-state index >= 15 is 0 Å². The summed E-state index contributed by atoms with van der Waals surface area (Å²) in [5.74, 6) is 1.04. The van der Waals surface area contributed by atoms with E-state index in [1.807, 2.05) is 16.7 Å². The lowest BCUT2D eigenvalue weighted by atomic mass is 10.1. The highest BCUT2D eigenvalue weighted by Crippen LogP contribution is 2.19. The number of carbonyl (C=O) groups excluding carboxylic acids is 1. The summed E-state index contributed by atoms with van der Waals surface area (Å²) in [6, 6.07) is 0. The van der Waals surface area contributed by atoms with E-state index in [-0.39, 0.29) is 0 Å². The molecule has 2 aliphatic heterocycles. The number of carbonyl (C=O) groups is 1. The average molecular weight is 242 g/mol. The van der Waals surface area contributed by atoms with Crippen molar-refractivity contribution in [2.24, 2.45) is 0 Å². The summed E-state index contributed by atoms with van der Waals surface area (Å²) in [7, 11) is 0. The van der Waals surface area contributed by atoms with Crippen LogP contribution in [0.2, 0.25) is 0 Å². The van der Waals surface area contributed by atoms with E-state index in [1.165, 1.54) is 32.1 Å². The third-order valence-corrected chi connectivity index (χ3v) is 4.69. The average Bonchev–Trinajstić information content (AvgIpc) is 2.38. The fraction of sp³-hybridized carbons (Fsp3) is 0.917. The van der Waals surface area contributed by atoms with Crippen molar-refractivity contribution in [3.8, 4) is 0 Å². The van der Waals surface area contributed by atoms with Gasteiger partial charge in [0.1, 0.15) is 0 Å². The maximum absolute atomic E-state index is 11.9. The standard InChI is InChI=1S/C12H22N2OS/c15-12(14-7-2-1-3-8-14)10-16-11-5-4-6-13-9-11/h11,13H,1-10H2. The molecule has 0 aromatic rings. The fourth-order valence-corrected chi connectivity index (χ4v) is 3.52. The molecule has 4 heteroatoms. The number of nitrogens with zero attached hydrogens (tertiary/aromatic N) is 1. The number of hydrogen-bond acceptors (Lipinski definition) is 3. The van der Waals surface area contributed by atoms with Gasteiger partial charge in [-0.15, -0.1) is 11.8 Å². The Morgan fingerprint density at radius 3 is 2.75 bits per heavy atom. The molecule has 1 amide bonds. The first-order chi connectivity index (χ1) is 7.86. The van der Waals surface area contributed by atoms with Gasteiger partial charge >= 0.3 is 0 Å². The maximum Gasteiger partial charge on any atom is 0.232 e. The fourth-order valence-electron chi connectivity index (χ4n) is 2.39. The Kier molecular flexibility index (Phi) is 4.97. The number of rotatable bonds is 3. The topological polar surface area (TPSA) is 32.3 Å². The number of nitrogens with one attached hydrogen (secondary N) is 1. The number of amides is 1. The number of piperidine rings is 2. The molecule has 1 N–H and O–H groups in total. The van der Waals surface area contributed by atoms with Crippen LogP contribution < -0.4 is 5.32 Å². The first kappa shape index (κ1) is 12.2. The summed E-state index contributed by atoms with van der Waals surface area (Å²) in [5, 5.41) is 4.05. The molecule has 1 atom stereocenters. The second kappa shape index (κ2) is 6.50. The highest BCUT2D eigenvalue weighted by Gasteiger charge is 2.19. The van der Waals surface area contributed by atoms with E-state index in [2.05, 4.69) is 5.32 Å². The van der Waals surface area contributed by atoms with Gasteiger partial charge in [0.15, 0.2) is 0 Å².